The highest BCUT2D eigenvalue weighted by atomic mass is 16.5. The molecule has 0 aromatic carbocycles. The third-order valence-electron chi connectivity index (χ3n) is 3.47. The van der Waals surface area contributed by atoms with Gasteiger partial charge in [-0.2, -0.15) is 0 Å². The highest BCUT2D eigenvalue weighted by molar-refractivity contribution is 5.36. The molecule has 1 fully saturated rings. The Kier molecular flexibility index (Phi) is 3.50. The van der Waals surface area contributed by atoms with Crippen molar-refractivity contribution in [1.82, 2.24) is 9.97 Å². The smallest absolute Gasteiger partial charge is 0.218 e. The SMILES string of the molecule is CNc1cc(OC2CCC(C)(C)CC2)ncn1. The summed E-state index contributed by atoms with van der Waals surface area (Å²) in [6.07, 6.45) is 6.53. The molecule has 0 spiro atoms. The number of nitrogens with one attached hydrogen (secondary N) is 1. The van der Waals surface area contributed by atoms with Crippen LogP contribution in [0.2, 0.25) is 0 Å². The van der Waals surface area contributed by atoms with Crippen LogP contribution >= 0.6 is 0 Å². The van der Waals surface area contributed by atoms with Crippen LogP contribution in [0.4, 0.5) is 5.82 Å². The quantitative estimate of drug-likeness (QED) is 0.875. The third kappa shape index (κ3) is 3.32. The van der Waals surface area contributed by atoms with Gasteiger partial charge in [-0.1, -0.05) is 13.8 Å². The van der Waals surface area contributed by atoms with Crippen molar-refractivity contribution < 1.29 is 4.74 Å². The molecule has 0 aliphatic heterocycles. The van der Waals surface area contributed by atoms with Gasteiger partial charge in [0.1, 0.15) is 18.2 Å². The summed E-state index contributed by atoms with van der Waals surface area (Å²) in [5, 5.41) is 2.99. The molecular weight excluding hydrogens is 214 g/mol. The second-order valence-corrected chi connectivity index (χ2v) is 5.47. The van der Waals surface area contributed by atoms with Crippen molar-refractivity contribution in [2.75, 3.05) is 12.4 Å². The van der Waals surface area contributed by atoms with Gasteiger partial charge in [-0.15, -0.1) is 0 Å². The van der Waals surface area contributed by atoms with Gasteiger partial charge in [0.2, 0.25) is 5.88 Å². The van der Waals surface area contributed by atoms with E-state index in [1.807, 2.05) is 13.1 Å². The average molecular weight is 235 g/mol. The summed E-state index contributed by atoms with van der Waals surface area (Å²) in [6, 6.07) is 1.85. The Balaban J connectivity index is 1.93. The second kappa shape index (κ2) is 4.90. The number of ether oxygens (including phenoxy) is 1. The van der Waals surface area contributed by atoms with Crippen molar-refractivity contribution in [3.63, 3.8) is 0 Å². The summed E-state index contributed by atoms with van der Waals surface area (Å²) >= 11 is 0. The van der Waals surface area contributed by atoms with E-state index < -0.39 is 0 Å². The van der Waals surface area contributed by atoms with E-state index in [0.29, 0.717) is 17.4 Å². The third-order valence-corrected chi connectivity index (χ3v) is 3.47. The first kappa shape index (κ1) is 12.1. The predicted molar refractivity (Wildman–Crippen MR) is 68.2 cm³/mol. The van der Waals surface area contributed by atoms with E-state index in [4.69, 9.17) is 4.74 Å². The lowest BCUT2D eigenvalue weighted by atomic mass is 9.76. The Bertz CT molecular complexity index is 369. The molecule has 1 saturated carbocycles. The molecule has 1 N–H and O–H groups in total. The fourth-order valence-corrected chi connectivity index (χ4v) is 2.20. The van der Waals surface area contributed by atoms with Gasteiger partial charge in [-0.05, 0) is 31.1 Å². The van der Waals surface area contributed by atoms with Crippen LogP contribution in [0.5, 0.6) is 5.88 Å². The Morgan fingerprint density at radius 3 is 2.65 bits per heavy atom. The zero-order valence-corrected chi connectivity index (χ0v) is 10.9. The van der Waals surface area contributed by atoms with Crippen LogP contribution in [0.25, 0.3) is 0 Å². The average Bonchev–Trinajstić information content (AvgIpc) is 2.32. The summed E-state index contributed by atoms with van der Waals surface area (Å²) in [5.74, 6) is 1.47. The molecule has 1 heterocycles. The van der Waals surface area contributed by atoms with Crippen LogP contribution in [0.1, 0.15) is 39.5 Å². The number of hydrogen-bond donors (Lipinski definition) is 1. The molecule has 17 heavy (non-hydrogen) atoms. The van der Waals surface area contributed by atoms with Crippen LogP contribution < -0.4 is 10.1 Å². The minimum atomic E-state index is 0.308. The minimum Gasteiger partial charge on any atom is -0.474 e. The summed E-state index contributed by atoms with van der Waals surface area (Å²) in [7, 11) is 1.84. The van der Waals surface area contributed by atoms with Crippen molar-refractivity contribution in [1.29, 1.82) is 0 Å². The predicted octanol–water partition coefficient (Wildman–Crippen LogP) is 2.87. The molecule has 0 radical (unpaired) electrons. The van der Waals surface area contributed by atoms with Crippen molar-refractivity contribution in [2.45, 2.75) is 45.6 Å². The molecular formula is C13H21N3O. The Hall–Kier alpha value is -1.32. The highest BCUT2D eigenvalue weighted by Gasteiger charge is 2.27. The van der Waals surface area contributed by atoms with Crippen LogP contribution in [0.15, 0.2) is 12.4 Å². The van der Waals surface area contributed by atoms with Crippen LogP contribution in [-0.2, 0) is 0 Å². The molecule has 0 amide bonds. The zero-order valence-electron chi connectivity index (χ0n) is 10.9. The zero-order chi connectivity index (χ0) is 12.3. The Morgan fingerprint density at radius 1 is 1.29 bits per heavy atom. The van der Waals surface area contributed by atoms with Gasteiger partial charge < -0.3 is 10.1 Å². The van der Waals surface area contributed by atoms with Gasteiger partial charge in [0, 0.05) is 13.1 Å². The Labute approximate surface area is 103 Å². The van der Waals surface area contributed by atoms with Crippen molar-refractivity contribution >= 4 is 5.82 Å². The monoisotopic (exact) mass is 235 g/mol. The van der Waals surface area contributed by atoms with Crippen molar-refractivity contribution in [3.05, 3.63) is 12.4 Å². The maximum Gasteiger partial charge on any atom is 0.218 e. The van der Waals surface area contributed by atoms with E-state index in [1.54, 1.807) is 0 Å². The lowest BCUT2D eigenvalue weighted by molar-refractivity contribution is 0.0948. The molecule has 1 aromatic heterocycles. The van der Waals surface area contributed by atoms with Gasteiger partial charge in [0.15, 0.2) is 0 Å². The van der Waals surface area contributed by atoms with Crippen LogP contribution in [-0.4, -0.2) is 23.1 Å². The molecule has 4 nitrogen and oxygen atoms in total. The lowest BCUT2D eigenvalue weighted by Crippen LogP contribution is -2.28. The molecule has 4 heteroatoms. The fraction of sp³-hybridized carbons (Fsp3) is 0.692. The number of hydrogen-bond acceptors (Lipinski definition) is 4. The second-order valence-electron chi connectivity index (χ2n) is 5.47. The normalized spacial score (nSPS) is 19.9. The van der Waals surface area contributed by atoms with E-state index in [9.17, 15) is 0 Å². The van der Waals surface area contributed by atoms with E-state index in [-0.39, 0.29) is 0 Å². The first-order valence-corrected chi connectivity index (χ1v) is 6.25. The molecule has 0 saturated heterocycles. The summed E-state index contributed by atoms with van der Waals surface area (Å²) < 4.78 is 5.90. The van der Waals surface area contributed by atoms with Crippen molar-refractivity contribution in [3.8, 4) is 5.88 Å². The lowest BCUT2D eigenvalue weighted by Gasteiger charge is -2.34. The van der Waals surface area contributed by atoms with Gasteiger partial charge >= 0.3 is 0 Å². The van der Waals surface area contributed by atoms with Gasteiger partial charge in [-0.3, -0.25) is 0 Å². The number of anilines is 1. The van der Waals surface area contributed by atoms with Gasteiger partial charge in [0.05, 0.1) is 0 Å². The van der Waals surface area contributed by atoms with Gasteiger partial charge in [0.25, 0.3) is 0 Å². The summed E-state index contributed by atoms with van der Waals surface area (Å²) in [5.41, 5.74) is 0.474. The molecule has 94 valence electrons. The molecule has 1 aliphatic rings. The molecule has 0 unspecified atom stereocenters. The summed E-state index contributed by atoms with van der Waals surface area (Å²) in [4.78, 5) is 8.22. The van der Waals surface area contributed by atoms with E-state index >= 15 is 0 Å². The van der Waals surface area contributed by atoms with E-state index in [2.05, 4.69) is 29.1 Å². The highest BCUT2D eigenvalue weighted by Crippen LogP contribution is 2.36. The standard InChI is InChI=1S/C13H21N3O/c1-13(2)6-4-10(5-7-13)17-12-8-11(14-3)15-9-16-12/h8-10H,4-7H2,1-3H3,(H,14,15,16). The van der Waals surface area contributed by atoms with E-state index in [1.165, 1.54) is 19.2 Å². The minimum absolute atomic E-state index is 0.308. The summed E-state index contributed by atoms with van der Waals surface area (Å²) in [6.45, 7) is 4.65. The molecule has 1 aliphatic carbocycles. The first-order valence-electron chi connectivity index (χ1n) is 6.25. The van der Waals surface area contributed by atoms with Crippen molar-refractivity contribution in [2.24, 2.45) is 5.41 Å². The fourth-order valence-electron chi connectivity index (χ4n) is 2.20. The first-order chi connectivity index (χ1) is 8.09. The number of rotatable bonds is 3. The molecule has 0 atom stereocenters. The maximum absolute atomic E-state index is 5.90. The maximum atomic E-state index is 5.90. The Morgan fingerprint density at radius 2 is 2.00 bits per heavy atom. The van der Waals surface area contributed by atoms with Crippen LogP contribution in [0, 0.1) is 5.41 Å². The number of aromatic nitrogens is 2. The topological polar surface area (TPSA) is 47.0 Å². The largest absolute Gasteiger partial charge is 0.474 e. The van der Waals surface area contributed by atoms with Crippen LogP contribution in [0.3, 0.4) is 0 Å². The number of nitrogens with zero attached hydrogens (tertiary/aromatic N) is 2. The molecule has 0 bridgehead atoms. The van der Waals surface area contributed by atoms with Gasteiger partial charge in [-0.25, -0.2) is 9.97 Å². The molecule has 2 rings (SSSR count). The van der Waals surface area contributed by atoms with E-state index in [0.717, 1.165) is 18.7 Å². The molecule has 1 aromatic rings.